The molecule has 1 atom stereocenters. The van der Waals surface area contributed by atoms with Crippen molar-refractivity contribution in [2.45, 2.75) is 19.9 Å². The topological polar surface area (TPSA) is 34.1 Å². The molecule has 0 aliphatic carbocycles. The molecular weight excluding hydrogens is 243 g/mol. The first-order valence-corrected chi connectivity index (χ1v) is 6.12. The molecule has 2 aromatic rings. The lowest BCUT2D eigenvalue weighted by molar-refractivity contribution is 0.402. The number of pyridine rings is 1. The Labute approximate surface area is 112 Å². The molecular formula is C15H17FN2O. The normalized spacial score (nSPS) is 12.0. The summed E-state index contributed by atoms with van der Waals surface area (Å²) in [4.78, 5) is 4.11. The van der Waals surface area contributed by atoms with Gasteiger partial charge in [-0.1, -0.05) is 6.07 Å². The molecule has 0 spiro atoms. The number of aromatic nitrogens is 1. The van der Waals surface area contributed by atoms with Crippen LogP contribution in [0.4, 0.5) is 10.1 Å². The first kappa shape index (κ1) is 13.3. The third kappa shape index (κ3) is 3.02. The molecule has 0 bridgehead atoms. The average molecular weight is 260 g/mol. The molecule has 1 unspecified atom stereocenters. The van der Waals surface area contributed by atoms with E-state index in [-0.39, 0.29) is 11.9 Å². The first-order valence-electron chi connectivity index (χ1n) is 6.12. The Morgan fingerprint density at radius 3 is 2.79 bits per heavy atom. The Bertz CT molecular complexity index is 572. The molecule has 0 fully saturated rings. The van der Waals surface area contributed by atoms with Gasteiger partial charge in [0.1, 0.15) is 11.6 Å². The fraction of sp³-hybridized carbons (Fsp3) is 0.267. The predicted octanol–water partition coefficient (Wildman–Crippen LogP) is 3.71. The molecule has 0 amide bonds. The molecule has 0 aliphatic rings. The summed E-state index contributed by atoms with van der Waals surface area (Å²) in [6, 6.07) is 6.59. The number of anilines is 1. The van der Waals surface area contributed by atoms with E-state index < -0.39 is 0 Å². The minimum absolute atomic E-state index is 0.209. The standard InChI is InChI=1S/C15H17FN2O/c1-10-7-12(9-17-8-10)18-11(2)15-13(16)5-4-6-14(15)19-3/h4-9,11,18H,1-3H3. The number of hydrogen-bond donors (Lipinski definition) is 1. The number of rotatable bonds is 4. The van der Waals surface area contributed by atoms with E-state index in [1.807, 2.05) is 19.9 Å². The van der Waals surface area contributed by atoms with E-state index in [2.05, 4.69) is 10.3 Å². The summed E-state index contributed by atoms with van der Waals surface area (Å²) < 4.78 is 19.1. The van der Waals surface area contributed by atoms with Crippen LogP contribution in [0.5, 0.6) is 5.75 Å². The molecule has 0 saturated carbocycles. The maximum absolute atomic E-state index is 13.9. The van der Waals surface area contributed by atoms with Crippen LogP contribution in [0.2, 0.25) is 0 Å². The molecule has 0 radical (unpaired) electrons. The van der Waals surface area contributed by atoms with E-state index in [1.54, 1.807) is 31.6 Å². The molecule has 19 heavy (non-hydrogen) atoms. The second kappa shape index (κ2) is 5.69. The minimum atomic E-state index is -0.278. The SMILES string of the molecule is COc1cccc(F)c1C(C)Nc1cncc(C)c1. The number of methoxy groups -OCH3 is 1. The molecule has 3 nitrogen and oxygen atoms in total. The van der Waals surface area contributed by atoms with E-state index in [0.29, 0.717) is 11.3 Å². The van der Waals surface area contributed by atoms with Crippen LogP contribution in [-0.4, -0.2) is 12.1 Å². The van der Waals surface area contributed by atoms with Gasteiger partial charge in [-0.15, -0.1) is 0 Å². The molecule has 0 saturated heterocycles. The molecule has 1 heterocycles. The zero-order valence-corrected chi connectivity index (χ0v) is 11.3. The van der Waals surface area contributed by atoms with Crippen LogP contribution in [0.15, 0.2) is 36.7 Å². The number of hydrogen-bond acceptors (Lipinski definition) is 3. The summed E-state index contributed by atoms with van der Waals surface area (Å²) >= 11 is 0. The molecule has 100 valence electrons. The Kier molecular flexibility index (Phi) is 4.00. The van der Waals surface area contributed by atoms with E-state index >= 15 is 0 Å². The van der Waals surface area contributed by atoms with Crippen molar-refractivity contribution in [3.05, 3.63) is 53.6 Å². The summed E-state index contributed by atoms with van der Waals surface area (Å²) in [6.45, 7) is 3.86. The quantitative estimate of drug-likeness (QED) is 0.910. The number of ether oxygens (including phenoxy) is 1. The van der Waals surface area contributed by atoms with Crippen molar-refractivity contribution < 1.29 is 9.13 Å². The van der Waals surface area contributed by atoms with Crippen LogP contribution < -0.4 is 10.1 Å². The van der Waals surface area contributed by atoms with E-state index in [9.17, 15) is 4.39 Å². The Morgan fingerprint density at radius 2 is 2.11 bits per heavy atom. The highest BCUT2D eigenvalue weighted by Gasteiger charge is 2.16. The Balaban J connectivity index is 2.27. The Morgan fingerprint density at radius 1 is 1.32 bits per heavy atom. The number of halogens is 1. The zero-order valence-electron chi connectivity index (χ0n) is 11.3. The number of aryl methyl sites for hydroxylation is 1. The van der Waals surface area contributed by atoms with Crippen molar-refractivity contribution in [2.75, 3.05) is 12.4 Å². The lowest BCUT2D eigenvalue weighted by atomic mass is 10.1. The monoisotopic (exact) mass is 260 g/mol. The van der Waals surface area contributed by atoms with E-state index in [4.69, 9.17) is 4.74 Å². The van der Waals surface area contributed by atoms with Gasteiger partial charge in [-0.2, -0.15) is 0 Å². The van der Waals surface area contributed by atoms with E-state index in [1.165, 1.54) is 6.07 Å². The smallest absolute Gasteiger partial charge is 0.132 e. The van der Waals surface area contributed by atoms with E-state index in [0.717, 1.165) is 11.3 Å². The van der Waals surface area contributed by atoms with Crippen molar-refractivity contribution in [1.82, 2.24) is 4.98 Å². The van der Waals surface area contributed by atoms with Gasteiger partial charge in [-0.05, 0) is 37.6 Å². The second-order valence-electron chi connectivity index (χ2n) is 4.47. The second-order valence-corrected chi connectivity index (χ2v) is 4.47. The molecule has 0 aliphatic heterocycles. The summed E-state index contributed by atoms with van der Waals surface area (Å²) in [5, 5.41) is 3.23. The number of benzene rings is 1. The van der Waals surface area contributed by atoms with Gasteiger partial charge in [0.05, 0.1) is 24.4 Å². The fourth-order valence-corrected chi connectivity index (χ4v) is 2.07. The van der Waals surface area contributed by atoms with Crippen LogP contribution in [-0.2, 0) is 0 Å². The zero-order chi connectivity index (χ0) is 13.8. The number of nitrogens with one attached hydrogen (secondary N) is 1. The van der Waals surface area contributed by atoms with Gasteiger partial charge in [0.15, 0.2) is 0 Å². The van der Waals surface area contributed by atoms with Gasteiger partial charge in [-0.3, -0.25) is 4.98 Å². The lowest BCUT2D eigenvalue weighted by Crippen LogP contribution is -2.10. The summed E-state index contributed by atoms with van der Waals surface area (Å²) in [6.07, 6.45) is 3.50. The molecule has 1 aromatic carbocycles. The first-order chi connectivity index (χ1) is 9.11. The van der Waals surface area contributed by atoms with Crippen molar-refractivity contribution in [1.29, 1.82) is 0 Å². The molecule has 4 heteroatoms. The van der Waals surface area contributed by atoms with Gasteiger partial charge in [0.2, 0.25) is 0 Å². The van der Waals surface area contributed by atoms with Crippen LogP contribution in [0.1, 0.15) is 24.1 Å². The number of nitrogens with zero attached hydrogens (tertiary/aromatic N) is 1. The average Bonchev–Trinajstić information content (AvgIpc) is 2.38. The maximum Gasteiger partial charge on any atom is 0.132 e. The molecule has 2 rings (SSSR count). The van der Waals surface area contributed by atoms with Gasteiger partial charge >= 0.3 is 0 Å². The lowest BCUT2D eigenvalue weighted by Gasteiger charge is -2.19. The fourth-order valence-electron chi connectivity index (χ4n) is 2.07. The van der Waals surface area contributed by atoms with Gasteiger partial charge in [0.25, 0.3) is 0 Å². The summed E-state index contributed by atoms with van der Waals surface area (Å²) in [5.74, 6) is 0.264. The van der Waals surface area contributed by atoms with Crippen LogP contribution in [0.25, 0.3) is 0 Å². The van der Waals surface area contributed by atoms with Gasteiger partial charge in [-0.25, -0.2) is 4.39 Å². The third-order valence-electron chi connectivity index (χ3n) is 2.92. The van der Waals surface area contributed by atoms with Crippen molar-refractivity contribution in [3.8, 4) is 5.75 Å². The highest BCUT2D eigenvalue weighted by Crippen LogP contribution is 2.29. The van der Waals surface area contributed by atoms with Crippen LogP contribution >= 0.6 is 0 Å². The maximum atomic E-state index is 13.9. The highest BCUT2D eigenvalue weighted by atomic mass is 19.1. The van der Waals surface area contributed by atoms with Crippen molar-refractivity contribution >= 4 is 5.69 Å². The van der Waals surface area contributed by atoms with Gasteiger partial charge < -0.3 is 10.1 Å². The minimum Gasteiger partial charge on any atom is -0.496 e. The van der Waals surface area contributed by atoms with Crippen molar-refractivity contribution in [2.24, 2.45) is 0 Å². The van der Waals surface area contributed by atoms with Crippen LogP contribution in [0.3, 0.4) is 0 Å². The van der Waals surface area contributed by atoms with Crippen molar-refractivity contribution in [3.63, 3.8) is 0 Å². The summed E-state index contributed by atoms with van der Waals surface area (Å²) in [7, 11) is 1.54. The highest BCUT2D eigenvalue weighted by molar-refractivity contribution is 5.47. The van der Waals surface area contributed by atoms with Crippen LogP contribution in [0, 0.1) is 12.7 Å². The third-order valence-corrected chi connectivity index (χ3v) is 2.92. The van der Waals surface area contributed by atoms with Gasteiger partial charge in [0, 0.05) is 12.4 Å². The molecule has 1 N–H and O–H groups in total. The Hall–Kier alpha value is -2.10. The summed E-state index contributed by atoms with van der Waals surface area (Å²) in [5.41, 5.74) is 2.43. The largest absolute Gasteiger partial charge is 0.496 e. The predicted molar refractivity (Wildman–Crippen MR) is 74.0 cm³/mol. The molecule has 1 aromatic heterocycles.